The standard InChI is InChI=1S/C19H32N2/c1-20-18(14-13-17-11-7-6-8-12-17)19(21(2)3)15-9-4-5-10-16-19/h6-8,11-12,18,20H,4-5,9-10,13-16H2,1-3H3. The van der Waals surface area contributed by atoms with Gasteiger partial charge in [-0.25, -0.2) is 0 Å². The lowest BCUT2D eigenvalue weighted by Crippen LogP contribution is -2.58. The van der Waals surface area contributed by atoms with Crippen molar-refractivity contribution >= 4 is 0 Å². The zero-order valence-electron chi connectivity index (χ0n) is 14.1. The molecule has 118 valence electrons. The highest BCUT2D eigenvalue weighted by molar-refractivity contribution is 5.15. The number of nitrogens with one attached hydrogen (secondary N) is 1. The van der Waals surface area contributed by atoms with Gasteiger partial charge in [0.1, 0.15) is 0 Å². The van der Waals surface area contributed by atoms with Crippen LogP contribution in [0.5, 0.6) is 0 Å². The van der Waals surface area contributed by atoms with Crippen LogP contribution >= 0.6 is 0 Å². The third kappa shape index (κ3) is 4.08. The van der Waals surface area contributed by atoms with E-state index in [4.69, 9.17) is 0 Å². The predicted octanol–water partition coefficient (Wildman–Crippen LogP) is 3.86. The third-order valence-corrected chi connectivity index (χ3v) is 5.42. The van der Waals surface area contributed by atoms with E-state index in [9.17, 15) is 0 Å². The molecule has 1 atom stereocenters. The maximum Gasteiger partial charge on any atom is 0.0356 e. The van der Waals surface area contributed by atoms with Gasteiger partial charge in [0.25, 0.3) is 0 Å². The Bertz CT molecular complexity index is 391. The maximum atomic E-state index is 3.65. The summed E-state index contributed by atoms with van der Waals surface area (Å²) < 4.78 is 0. The van der Waals surface area contributed by atoms with Gasteiger partial charge in [-0.3, -0.25) is 0 Å². The minimum atomic E-state index is 0.333. The van der Waals surface area contributed by atoms with Crippen LogP contribution in [0.3, 0.4) is 0 Å². The zero-order valence-corrected chi connectivity index (χ0v) is 14.1. The molecule has 21 heavy (non-hydrogen) atoms. The minimum Gasteiger partial charge on any atom is -0.315 e. The molecule has 1 fully saturated rings. The summed E-state index contributed by atoms with van der Waals surface area (Å²) in [5.74, 6) is 0. The van der Waals surface area contributed by atoms with Gasteiger partial charge in [0.15, 0.2) is 0 Å². The highest BCUT2D eigenvalue weighted by Crippen LogP contribution is 2.35. The Balaban J connectivity index is 2.08. The van der Waals surface area contributed by atoms with E-state index < -0.39 is 0 Å². The van der Waals surface area contributed by atoms with Crippen LogP contribution in [0.4, 0.5) is 0 Å². The SMILES string of the molecule is CNC(CCc1ccccc1)C1(N(C)C)CCCCCC1. The molecule has 1 aliphatic carbocycles. The highest BCUT2D eigenvalue weighted by atomic mass is 15.2. The van der Waals surface area contributed by atoms with Crippen molar-refractivity contribution < 1.29 is 0 Å². The second-order valence-electron chi connectivity index (χ2n) is 6.78. The monoisotopic (exact) mass is 288 g/mol. The van der Waals surface area contributed by atoms with Crippen LogP contribution in [0.15, 0.2) is 30.3 Å². The van der Waals surface area contributed by atoms with Gasteiger partial charge in [0.2, 0.25) is 0 Å². The number of likely N-dealkylation sites (N-methyl/N-ethyl adjacent to an activating group) is 2. The Morgan fingerprint density at radius 3 is 2.19 bits per heavy atom. The Morgan fingerprint density at radius 1 is 1.05 bits per heavy atom. The van der Waals surface area contributed by atoms with E-state index in [1.54, 1.807) is 0 Å². The van der Waals surface area contributed by atoms with E-state index in [1.807, 2.05) is 0 Å². The number of hydrogen-bond acceptors (Lipinski definition) is 2. The molecule has 1 unspecified atom stereocenters. The van der Waals surface area contributed by atoms with Crippen LogP contribution in [0.25, 0.3) is 0 Å². The highest BCUT2D eigenvalue weighted by Gasteiger charge is 2.39. The van der Waals surface area contributed by atoms with Gasteiger partial charge in [0, 0.05) is 11.6 Å². The molecule has 0 amide bonds. The van der Waals surface area contributed by atoms with Gasteiger partial charge in [-0.1, -0.05) is 56.0 Å². The predicted molar refractivity (Wildman–Crippen MR) is 91.7 cm³/mol. The molecule has 0 radical (unpaired) electrons. The first-order valence-electron chi connectivity index (χ1n) is 8.57. The Kier molecular flexibility index (Phi) is 6.25. The molecule has 1 aromatic rings. The fourth-order valence-electron chi connectivity index (χ4n) is 4.09. The van der Waals surface area contributed by atoms with Crippen molar-refractivity contribution in [3.8, 4) is 0 Å². The van der Waals surface area contributed by atoms with Crippen molar-refractivity contribution in [3.63, 3.8) is 0 Å². The van der Waals surface area contributed by atoms with Crippen LogP contribution < -0.4 is 5.32 Å². The second kappa shape index (κ2) is 7.95. The lowest BCUT2D eigenvalue weighted by atomic mass is 9.79. The molecule has 2 rings (SSSR count). The van der Waals surface area contributed by atoms with Gasteiger partial charge in [-0.2, -0.15) is 0 Å². The summed E-state index contributed by atoms with van der Waals surface area (Å²) in [4.78, 5) is 2.50. The molecule has 1 saturated carbocycles. The molecule has 0 aliphatic heterocycles. The Morgan fingerprint density at radius 2 is 1.67 bits per heavy atom. The topological polar surface area (TPSA) is 15.3 Å². The summed E-state index contributed by atoms with van der Waals surface area (Å²) in [5, 5.41) is 3.65. The van der Waals surface area contributed by atoms with Crippen LogP contribution in [-0.2, 0) is 6.42 Å². The molecule has 1 aliphatic rings. The summed E-state index contributed by atoms with van der Waals surface area (Å²) in [7, 11) is 6.70. The summed E-state index contributed by atoms with van der Waals surface area (Å²) in [5.41, 5.74) is 1.79. The molecule has 1 N–H and O–H groups in total. The largest absolute Gasteiger partial charge is 0.315 e. The summed E-state index contributed by atoms with van der Waals surface area (Å²) in [6, 6.07) is 11.5. The van der Waals surface area contributed by atoms with Crippen molar-refractivity contribution in [3.05, 3.63) is 35.9 Å². The van der Waals surface area contributed by atoms with Crippen LogP contribution in [0.2, 0.25) is 0 Å². The van der Waals surface area contributed by atoms with Gasteiger partial charge in [-0.05, 0) is 52.4 Å². The Labute approximate surface area is 130 Å². The molecule has 2 heteroatoms. The molecule has 0 bridgehead atoms. The van der Waals surface area contributed by atoms with Gasteiger partial charge in [0.05, 0.1) is 0 Å². The number of nitrogens with zero attached hydrogens (tertiary/aromatic N) is 1. The van der Waals surface area contributed by atoms with Gasteiger partial charge < -0.3 is 10.2 Å². The smallest absolute Gasteiger partial charge is 0.0356 e. The average molecular weight is 288 g/mol. The van der Waals surface area contributed by atoms with Crippen LogP contribution in [0.1, 0.15) is 50.5 Å². The van der Waals surface area contributed by atoms with Gasteiger partial charge in [-0.15, -0.1) is 0 Å². The number of aryl methyl sites for hydroxylation is 1. The molecule has 0 aromatic heterocycles. The summed E-state index contributed by atoms with van der Waals surface area (Å²) in [6.45, 7) is 0. The van der Waals surface area contributed by atoms with Crippen molar-refractivity contribution in [1.29, 1.82) is 0 Å². The van der Waals surface area contributed by atoms with Crippen LogP contribution in [-0.4, -0.2) is 37.6 Å². The van der Waals surface area contributed by atoms with E-state index in [1.165, 1.54) is 56.9 Å². The third-order valence-electron chi connectivity index (χ3n) is 5.42. The van der Waals surface area contributed by atoms with Crippen molar-refractivity contribution in [2.75, 3.05) is 21.1 Å². The zero-order chi connectivity index (χ0) is 15.1. The minimum absolute atomic E-state index is 0.333. The Hall–Kier alpha value is -0.860. The van der Waals surface area contributed by atoms with Crippen molar-refractivity contribution in [2.24, 2.45) is 0 Å². The average Bonchev–Trinajstić information content (AvgIpc) is 2.76. The number of benzene rings is 1. The van der Waals surface area contributed by atoms with E-state index in [0.29, 0.717) is 11.6 Å². The lowest BCUT2D eigenvalue weighted by Gasteiger charge is -2.46. The van der Waals surface area contributed by atoms with E-state index in [2.05, 4.69) is 61.7 Å². The first kappa shape index (κ1) is 16.5. The van der Waals surface area contributed by atoms with Gasteiger partial charge >= 0.3 is 0 Å². The maximum absolute atomic E-state index is 3.65. The lowest BCUT2D eigenvalue weighted by molar-refractivity contribution is 0.0798. The second-order valence-corrected chi connectivity index (χ2v) is 6.78. The normalized spacial score (nSPS) is 20.2. The van der Waals surface area contributed by atoms with E-state index in [0.717, 1.165) is 0 Å². The van der Waals surface area contributed by atoms with Crippen molar-refractivity contribution in [2.45, 2.75) is 62.9 Å². The quantitative estimate of drug-likeness (QED) is 0.800. The fraction of sp³-hybridized carbons (Fsp3) is 0.684. The number of rotatable bonds is 6. The first-order chi connectivity index (χ1) is 10.2. The molecule has 0 saturated heterocycles. The van der Waals surface area contributed by atoms with E-state index in [-0.39, 0.29) is 0 Å². The summed E-state index contributed by atoms with van der Waals surface area (Å²) >= 11 is 0. The fourth-order valence-corrected chi connectivity index (χ4v) is 4.09. The molecule has 0 heterocycles. The first-order valence-corrected chi connectivity index (χ1v) is 8.57. The molecule has 1 aromatic carbocycles. The molecule has 2 nitrogen and oxygen atoms in total. The molecular weight excluding hydrogens is 256 g/mol. The van der Waals surface area contributed by atoms with Crippen LogP contribution in [0, 0.1) is 0 Å². The molecule has 0 spiro atoms. The van der Waals surface area contributed by atoms with E-state index >= 15 is 0 Å². The number of hydrogen-bond donors (Lipinski definition) is 1. The molecular formula is C19H32N2. The summed E-state index contributed by atoms with van der Waals surface area (Å²) in [6.07, 6.45) is 10.6. The van der Waals surface area contributed by atoms with Crippen molar-refractivity contribution in [1.82, 2.24) is 10.2 Å².